The fraction of sp³-hybridized carbons (Fsp3) is 0.200. The molecule has 126 valence electrons. The molecule has 2 rings (SSSR count). The Kier molecular flexibility index (Phi) is 5.14. The van der Waals surface area contributed by atoms with Gasteiger partial charge in [-0.15, -0.1) is 0 Å². The fourth-order valence-corrected chi connectivity index (χ4v) is 2.74. The third-order valence-corrected chi connectivity index (χ3v) is 3.83. The number of phenolic OH excluding ortho intramolecular Hbond substituents is 1. The van der Waals surface area contributed by atoms with Gasteiger partial charge in [0.1, 0.15) is 5.56 Å². The van der Waals surface area contributed by atoms with Gasteiger partial charge in [0.05, 0.1) is 24.2 Å². The van der Waals surface area contributed by atoms with Crippen LogP contribution in [0.4, 0.5) is 5.69 Å². The molecule has 1 heterocycles. The van der Waals surface area contributed by atoms with Gasteiger partial charge in [-0.2, -0.15) is 11.3 Å². The fourth-order valence-electron chi connectivity index (χ4n) is 2.11. The molecule has 0 atom stereocenters. The van der Waals surface area contributed by atoms with E-state index < -0.39 is 33.7 Å². The first-order chi connectivity index (χ1) is 11.4. The van der Waals surface area contributed by atoms with E-state index in [-0.39, 0.29) is 23.5 Å². The number of ether oxygens (including phenoxy) is 2. The van der Waals surface area contributed by atoms with Crippen LogP contribution in [0, 0.1) is 10.1 Å². The molecule has 0 saturated heterocycles. The summed E-state index contributed by atoms with van der Waals surface area (Å²) in [6, 6.07) is 2.52. The highest BCUT2D eigenvalue weighted by atomic mass is 32.1. The molecule has 0 aliphatic heterocycles. The van der Waals surface area contributed by atoms with Gasteiger partial charge in [-0.1, -0.05) is 0 Å². The Morgan fingerprint density at radius 2 is 2.12 bits per heavy atom. The summed E-state index contributed by atoms with van der Waals surface area (Å²) in [5, 5.41) is 24.6. The number of nitrogens with zero attached hydrogens (tertiary/aromatic N) is 1. The number of ketones is 1. The first-order valence-corrected chi connectivity index (χ1v) is 7.69. The number of nitro groups is 1. The summed E-state index contributed by atoms with van der Waals surface area (Å²) in [5.41, 5.74) is -1.60. The molecule has 0 fully saturated rings. The number of aromatic hydroxyl groups is 1. The lowest BCUT2D eigenvalue weighted by Gasteiger charge is -2.12. The second-order valence-corrected chi connectivity index (χ2v) is 5.30. The molecular formula is C15H13NO7S. The monoisotopic (exact) mass is 351 g/mol. The molecule has 0 unspecified atom stereocenters. The number of rotatable bonds is 6. The van der Waals surface area contributed by atoms with E-state index in [1.807, 2.05) is 0 Å². The summed E-state index contributed by atoms with van der Waals surface area (Å²) in [7, 11) is 1.17. The second-order valence-electron chi connectivity index (χ2n) is 4.52. The number of benzene rings is 1. The van der Waals surface area contributed by atoms with Crippen LogP contribution in [0.15, 0.2) is 22.9 Å². The van der Waals surface area contributed by atoms with E-state index in [2.05, 4.69) is 0 Å². The summed E-state index contributed by atoms with van der Waals surface area (Å²) in [6.45, 7) is 1.58. The molecule has 0 bridgehead atoms. The number of nitro benzene ring substituents is 1. The lowest BCUT2D eigenvalue weighted by atomic mass is 9.96. The van der Waals surface area contributed by atoms with E-state index in [4.69, 9.17) is 9.47 Å². The molecule has 8 nitrogen and oxygen atoms in total. The predicted molar refractivity (Wildman–Crippen MR) is 85.0 cm³/mol. The maximum Gasteiger partial charge on any atom is 0.339 e. The van der Waals surface area contributed by atoms with E-state index in [0.717, 1.165) is 6.07 Å². The largest absolute Gasteiger partial charge is 0.499 e. The molecule has 0 aliphatic carbocycles. The van der Waals surface area contributed by atoms with E-state index in [9.17, 15) is 24.8 Å². The number of hydrogen-bond acceptors (Lipinski definition) is 8. The molecule has 1 N–H and O–H groups in total. The summed E-state index contributed by atoms with van der Waals surface area (Å²) in [5.74, 6) is -2.80. The summed E-state index contributed by atoms with van der Waals surface area (Å²) in [6.07, 6.45) is 0. The number of carbonyl (C=O) groups excluding carboxylic acids is 2. The minimum atomic E-state index is -0.930. The lowest BCUT2D eigenvalue weighted by Crippen LogP contribution is -2.15. The summed E-state index contributed by atoms with van der Waals surface area (Å²) in [4.78, 5) is 35.3. The van der Waals surface area contributed by atoms with Crippen LogP contribution in [-0.2, 0) is 4.74 Å². The van der Waals surface area contributed by atoms with Gasteiger partial charge in [-0.3, -0.25) is 14.9 Å². The highest BCUT2D eigenvalue weighted by Gasteiger charge is 2.35. The third kappa shape index (κ3) is 3.06. The normalized spacial score (nSPS) is 10.2. The number of thiophene rings is 1. The van der Waals surface area contributed by atoms with Crippen molar-refractivity contribution >= 4 is 28.8 Å². The smallest absolute Gasteiger partial charge is 0.339 e. The number of hydrogen-bond donors (Lipinski definition) is 1. The van der Waals surface area contributed by atoms with Crippen LogP contribution >= 0.6 is 11.3 Å². The molecule has 9 heteroatoms. The van der Waals surface area contributed by atoms with Gasteiger partial charge in [-0.05, 0) is 24.4 Å². The molecule has 0 saturated carbocycles. The van der Waals surface area contributed by atoms with Crippen LogP contribution in [0.2, 0.25) is 0 Å². The maximum absolute atomic E-state index is 12.7. The zero-order valence-corrected chi connectivity index (χ0v) is 13.6. The van der Waals surface area contributed by atoms with Crippen LogP contribution in [0.1, 0.15) is 33.2 Å². The van der Waals surface area contributed by atoms with Crippen molar-refractivity contribution in [3.8, 4) is 11.5 Å². The quantitative estimate of drug-likeness (QED) is 0.368. The number of methoxy groups -OCH3 is 1. The van der Waals surface area contributed by atoms with Crippen molar-refractivity contribution in [3.63, 3.8) is 0 Å². The Hall–Kier alpha value is -2.94. The van der Waals surface area contributed by atoms with Gasteiger partial charge >= 0.3 is 11.7 Å². The van der Waals surface area contributed by atoms with Crippen LogP contribution in [-0.4, -0.2) is 35.5 Å². The van der Waals surface area contributed by atoms with E-state index in [0.29, 0.717) is 0 Å². The Morgan fingerprint density at radius 3 is 2.62 bits per heavy atom. The predicted octanol–water partition coefficient (Wildman–Crippen LogP) is 2.78. The molecule has 0 radical (unpaired) electrons. The van der Waals surface area contributed by atoms with Crippen molar-refractivity contribution in [2.75, 3.05) is 13.7 Å². The van der Waals surface area contributed by atoms with E-state index >= 15 is 0 Å². The van der Waals surface area contributed by atoms with Crippen LogP contribution in [0.5, 0.6) is 11.5 Å². The Balaban J connectivity index is 2.81. The molecule has 0 aliphatic rings. The third-order valence-electron chi connectivity index (χ3n) is 3.15. The van der Waals surface area contributed by atoms with E-state index in [1.54, 1.807) is 12.3 Å². The topological polar surface area (TPSA) is 116 Å². The van der Waals surface area contributed by atoms with Gasteiger partial charge in [0.15, 0.2) is 5.75 Å². The minimum absolute atomic E-state index is 0.0158. The zero-order valence-electron chi connectivity index (χ0n) is 12.8. The minimum Gasteiger partial charge on any atom is -0.499 e. The average molecular weight is 351 g/mol. The molecule has 24 heavy (non-hydrogen) atoms. The van der Waals surface area contributed by atoms with E-state index in [1.165, 1.54) is 29.9 Å². The maximum atomic E-state index is 12.7. The molecule has 1 aromatic carbocycles. The highest BCUT2D eigenvalue weighted by molar-refractivity contribution is 7.08. The van der Waals surface area contributed by atoms with Crippen LogP contribution < -0.4 is 4.74 Å². The molecule has 2 aromatic rings. The van der Waals surface area contributed by atoms with Gasteiger partial charge in [-0.25, -0.2) is 4.79 Å². The van der Waals surface area contributed by atoms with Crippen molar-refractivity contribution in [1.82, 2.24) is 0 Å². The molecule has 0 spiro atoms. The Morgan fingerprint density at radius 1 is 1.42 bits per heavy atom. The standard InChI is InChI=1S/C15H13NO7S/c1-3-23-15(19)9-6-10(22-2)14(18)12(16(20)21)11(9)13(17)8-4-5-24-7-8/h4-7,18H,3H2,1-2H3. The number of phenols is 1. The van der Waals surface area contributed by atoms with Gasteiger partial charge in [0.25, 0.3) is 0 Å². The van der Waals surface area contributed by atoms with Crippen molar-refractivity contribution in [3.05, 3.63) is 49.7 Å². The van der Waals surface area contributed by atoms with Gasteiger partial charge in [0.2, 0.25) is 11.5 Å². The van der Waals surface area contributed by atoms with Crippen LogP contribution in [0.3, 0.4) is 0 Å². The average Bonchev–Trinajstić information content (AvgIpc) is 3.07. The van der Waals surface area contributed by atoms with Crippen molar-refractivity contribution < 1.29 is 29.1 Å². The second kappa shape index (κ2) is 7.09. The SMILES string of the molecule is CCOC(=O)c1cc(OC)c(O)c([N+](=O)[O-])c1C(=O)c1ccsc1. The van der Waals surface area contributed by atoms with Crippen molar-refractivity contribution in [2.45, 2.75) is 6.92 Å². The summed E-state index contributed by atoms with van der Waals surface area (Å²) < 4.78 is 9.72. The molecule has 1 aromatic heterocycles. The van der Waals surface area contributed by atoms with Gasteiger partial charge in [0, 0.05) is 10.9 Å². The zero-order chi connectivity index (χ0) is 17.9. The first kappa shape index (κ1) is 17.4. The Bertz CT molecular complexity index is 799. The summed E-state index contributed by atoms with van der Waals surface area (Å²) >= 11 is 1.22. The molecular weight excluding hydrogens is 338 g/mol. The lowest BCUT2D eigenvalue weighted by molar-refractivity contribution is -0.386. The van der Waals surface area contributed by atoms with Crippen molar-refractivity contribution in [1.29, 1.82) is 0 Å². The Labute approximate surface area is 140 Å². The highest BCUT2D eigenvalue weighted by Crippen LogP contribution is 2.42. The number of esters is 1. The van der Waals surface area contributed by atoms with Crippen LogP contribution in [0.25, 0.3) is 0 Å². The van der Waals surface area contributed by atoms with Gasteiger partial charge < -0.3 is 14.6 Å². The first-order valence-electron chi connectivity index (χ1n) is 6.74. The van der Waals surface area contributed by atoms with Crippen molar-refractivity contribution in [2.24, 2.45) is 0 Å². The number of carbonyl (C=O) groups is 2. The molecule has 0 amide bonds.